The smallest absolute Gasteiger partial charge is 0.128 e. The van der Waals surface area contributed by atoms with Crippen LogP contribution in [-0.4, -0.2) is 48.6 Å². The molecule has 0 bridgehead atoms. The second-order valence-electron chi connectivity index (χ2n) is 5.82. The van der Waals surface area contributed by atoms with Crippen LogP contribution >= 0.6 is 0 Å². The van der Waals surface area contributed by atoms with Gasteiger partial charge in [0.05, 0.1) is 0 Å². The summed E-state index contributed by atoms with van der Waals surface area (Å²) in [5, 5.41) is 3.41. The molecule has 0 aromatic carbocycles. The van der Waals surface area contributed by atoms with E-state index in [0.717, 1.165) is 45.1 Å². The van der Waals surface area contributed by atoms with E-state index in [1.54, 1.807) is 0 Å². The first-order valence-electron chi connectivity index (χ1n) is 7.85. The standard InChI is InChI=1S/C16H28N4/c1-4-7-17-12-15-5-6-16(18-13-15)20-10-8-19(9-11-20)14(2)3/h5-6,13-14,17H,4,7-12H2,1-3H3. The van der Waals surface area contributed by atoms with Gasteiger partial charge in [-0.05, 0) is 38.4 Å². The molecular weight excluding hydrogens is 248 g/mol. The van der Waals surface area contributed by atoms with Crippen LogP contribution in [0.2, 0.25) is 0 Å². The normalized spacial score (nSPS) is 16.9. The third-order valence-electron chi connectivity index (χ3n) is 3.93. The van der Waals surface area contributed by atoms with Crippen LogP contribution in [0.3, 0.4) is 0 Å². The van der Waals surface area contributed by atoms with Crippen molar-refractivity contribution in [1.29, 1.82) is 0 Å². The van der Waals surface area contributed by atoms with E-state index in [0.29, 0.717) is 6.04 Å². The van der Waals surface area contributed by atoms with Crippen LogP contribution in [0.5, 0.6) is 0 Å². The minimum absolute atomic E-state index is 0.650. The molecule has 0 spiro atoms. The van der Waals surface area contributed by atoms with Gasteiger partial charge in [-0.25, -0.2) is 4.98 Å². The Balaban J connectivity index is 1.84. The Morgan fingerprint density at radius 1 is 1.20 bits per heavy atom. The molecule has 0 saturated carbocycles. The molecule has 1 fully saturated rings. The molecule has 2 rings (SSSR count). The third kappa shape index (κ3) is 4.18. The number of piperazine rings is 1. The Labute approximate surface area is 123 Å². The molecule has 4 nitrogen and oxygen atoms in total. The maximum Gasteiger partial charge on any atom is 0.128 e. The topological polar surface area (TPSA) is 31.4 Å². The molecule has 1 aromatic heterocycles. The van der Waals surface area contributed by atoms with Crippen LogP contribution in [0.25, 0.3) is 0 Å². The van der Waals surface area contributed by atoms with Crippen LogP contribution in [0.15, 0.2) is 18.3 Å². The highest BCUT2D eigenvalue weighted by Gasteiger charge is 2.19. The summed E-state index contributed by atoms with van der Waals surface area (Å²) in [6, 6.07) is 5.01. The van der Waals surface area contributed by atoms with E-state index in [-0.39, 0.29) is 0 Å². The minimum atomic E-state index is 0.650. The highest BCUT2D eigenvalue weighted by Crippen LogP contribution is 2.15. The van der Waals surface area contributed by atoms with E-state index in [2.05, 4.69) is 53.0 Å². The molecule has 0 aliphatic carbocycles. The van der Waals surface area contributed by atoms with Crippen molar-refractivity contribution in [1.82, 2.24) is 15.2 Å². The van der Waals surface area contributed by atoms with Crippen LogP contribution in [0.4, 0.5) is 5.82 Å². The van der Waals surface area contributed by atoms with Crippen LogP contribution in [0, 0.1) is 0 Å². The van der Waals surface area contributed by atoms with Crippen LogP contribution < -0.4 is 10.2 Å². The number of hydrogen-bond donors (Lipinski definition) is 1. The molecule has 2 heterocycles. The molecule has 0 amide bonds. The lowest BCUT2D eigenvalue weighted by atomic mass is 10.2. The zero-order valence-electron chi connectivity index (χ0n) is 13.1. The Morgan fingerprint density at radius 2 is 1.95 bits per heavy atom. The lowest BCUT2D eigenvalue weighted by molar-refractivity contribution is 0.209. The van der Waals surface area contributed by atoms with Gasteiger partial charge in [0.25, 0.3) is 0 Å². The SMILES string of the molecule is CCCNCc1ccc(N2CCN(C(C)C)CC2)nc1. The van der Waals surface area contributed by atoms with E-state index in [9.17, 15) is 0 Å². The zero-order chi connectivity index (χ0) is 14.4. The second-order valence-corrected chi connectivity index (χ2v) is 5.82. The average molecular weight is 276 g/mol. The van der Waals surface area contributed by atoms with E-state index in [1.165, 1.54) is 12.0 Å². The highest BCUT2D eigenvalue weighted by molar-refractivity contribution is 5.39. The van der Waals surface area contributed by atoms with E-state index in [1.807, 2.05) is 6.20 Å². The van der Waals surface area contributed by atoms with Gasteiger partial charge in [-0.3, -0.25) is 4.90 Å². The first kappa shape index (κ1) is 15.3. The first-order valence-corrected chi connectivity index (χ1v) is 7.85. The number of aromatic nitrogens is 1. The molecule has 1 N–H and O–H groups in total. The van der Waals surface area contributed by atoms with Crippen LogP contribution in [0.1, 0.15) is 32.8 Å². The van der Waals surface area contributed by atoms with Crippen molar-refractivity contribution in [3.8, 4) is 0 Å². The van der Waals surface area contributed by atoms with Crippen molar-refractivity contribution >= 4 is 5.82 Å². The van der Waals surface area contributed by atoms with Gasteiger partial charge >= 0.3 is 0 Å². The van der Waals surface area contributed by atoms with Crippen molar-refractivity contribution in [3.63, 3.8) is 0 Å². The summed E-state index contributed by atoms with van der Waals surface area (Å²) >= 11 is 0. The number of rotatable bonds is 6. The number of hydrogen-bond acceptors (Lipinski definition) is 4. The van der Waals surface area contributed by atoms with Crippen molar-refractivity contribution in [2.75, 3.05) is 37.6 Å². The fourth-order valence-electron chi connectivity index (χ4n) is 2.59. The molecule has 1 aliphatic heterocycles. The Morgan fingerprint density at radius 3 is 2.50 bits per heavy atom. The fourth-order valence-corrected chi connectivity index (χ4v) is 2.59. The summed E-state index contributed by atoms with van der Waals surface area (Å²) in [5.41, 5.74) is 1.27. The lowest BCUT2D eigenvalue weighted by Gasteiger charge is -2.37. The molecule has 0 atom stereocenters. The monoisotopic (exact) mass is 276 g/mol. The Hall–Kier alpha value is -1.13. The van der Waals surface area contributed by atoms with Gasteiger partial charge in [0.2, 0.25) is 0 Å². The Kier molecular flexibility index (Phi) is 5.80. The maximum absolute atomic E-state index is 4.62. The van der Waals surface area contributed by atoms with Gasteiger partial charge in [-0.2, -0.15) is 0 Å². The molecule has 1 aliphatic rings. The van der Waals surface area contributed by atoms with E-state index in [4.69, 9.17) is 0 Å². The molecule has 112 valence electrons. The molecule has 1 aromatic rings. The maximum atomic E-state index is 4.62. The number of nitrogens with zero attached hydrogens (tertiary/aromatic N) is 3. The number of nitrogens with one attached hydrogen (secondary N) is 1. The zero-order valence-corrected chi connectivity index (χ0v) is 13.1. The Bertz CT molecular complexity index is 380. The predicted octanol–water partition coefficient (Wildman–Crippen LogP) is 2.11. The summed E-state index contributed by atoms with van der Waals surface area (Å²) in [6.45, 7) is 13.2. The summed E-state index contributed by atoms with van der Waals surface area (Å²) in [6.07, 6.45) is 3.18. The molecule has 0 radical (unpaired) electrons. The minimum Gasteiger partial charge on any atom is -0.354 e. The fraction of sp³-hybridized carbons (Fsp3) is 0.688. The summed E-state index contributed by atoms with van der Waals surface area (Å²) < 4.78 is 0. The highest BCUT2D eigenvalue weighted by atomic mass is 15.3. The van der Waals surface area contributed by atoms with E-state index >= 15 is 0 Å². The van der Waals surface area contributed by atoms with Crippen molar-refractivity contribution in [2.45, 2.75) is 39.8 Å². The van der Waals surface area contributed by atoms with E-state index < -0.39 is 0 Å². The van der Waals surface area contributed by atoms with Gasteiger partial charge < -0.3 is 10.2 Å². The number of anilines is 1. The summed E-state index contributed by atoms with van der Waals surface area (Å²) in [7, 11) is 0. The first-order chi connectivity index (χ1) is 9.70. The van der Waals surface area contributed by atoms with Gasteiger partial charge in [-0.15, -0.1) is 0 Å². The van der Waals surface area contributed by atoms with Crippen molar-refractivity contribution < 1.29 is 0 Å². The predicted molar refractivity (Wildman–Crippen MR) is 85.2 cm³/mol. The van der Waals surface area contributed by atoms with Gasteiger partial charge in [0, 0.05) is 45.0 Å². The quantitative estimate of drug-likeness (QED) is 0.806. The van der Waals surface area contributed by atoms with Crippen LogP contribution in [-0.2, 0) is 6.54 Å². The number of pyridine rings is 1. The molecule has 0 unspecified atom stereocenters. The van der Waals surface area contributed by atoms with Crippen molar-refractivity contribution in [3.05, 3.63) is 23.9 Å². The molecule has 1 saturated heterocycles. The average Bonchev–Trinajstić information content (AvgIpc) is 2.48. The van der Waals surface area contributed by atoms with Gasteiger partial charge in [0.15, 0.2) is 0 Å². The second kappa shape index (κ2) is 7.60. The molecule has 4 heteroatoms. The largest absolute Gasteiger partial charge is 0.354 e. The summed E-state index contributed by atoms with van der Waals surface area (Å²) in [5.74, 6) is 1.12. The van der Waals surface area contributed by atoms with Gasteiger partial charge in [0.1, 0.15) is 5.82 Å². The van der Waals surface area contributed by atoms with Gasteiger partial charge in [-0.1, -0.05) is 13.0 Å². The lowest BCUT2D eigenvalue weighted by Crippen LogP contribution is -2.49. The third-order valence-corrected chi connectivity index (χ3v) is 3.93. The van der Waals surface area contributed by atoms with Crippen molar-refractivity contribution in [2.24, 2.45) is 0 Å². The molecule has 20 heavy (non-hydrogen) atoms. The molecular formula is C16H28N4. The summed E-state index contributed by atoms with van der Waals surface area (Å²) in [4.78, 5) is 9.54.